The Morgan fingerprint density at radius 2 is 1.69 bits per heavy atom. The van der Waals surface area contributed by atoms with Crippen molar-refractivity contribution in [3.63, 3.8) is 0 Å². The van der Waals surface area contributed by atoms with Crippen molar-refractivity contribution in [2.75, 3.05) is 11.9 Å². The minimum Gasteiger partial charge on any atom is -0.344 e. The van der Waals surface area contributed by atoms with Gasteiger partial charge in [0.25, 0.3) is 0 Å². The largest absolute Gasteiger partial charge is 0.344 e. The van der Waals surface area contributed by atoms with Crippen LogP contribution in [0.25, 0.3) is 17.2 Å². The highest BCUT2D eigenvalue weighted by Crippen LogP contribution is 2.37. The van der Waals surface area contributed by atoms with Gasteiger partial charge in [-0.15, -0.1) is 0 Å². The molecule has 0 saturated heterocycles. The van der Waals surface area contributed by atoms with Gasteiger partial charge in [-0.2, -0.15) is 0 Å². The second-order valence-electron chi connectivity index (χ2n) is 7.38. The van der Waals surface area contributed by atoms with E-state index in [0.717, 1.165) is 24.0 Å². The number of aryl methyl sites for hydroxylation is 1. The predicted molar refractivity (Wildman–Crippen MR) is 126 cm³/mol. The van der Waals surface area contributed by atoms with Crippen LogP contribution in [0.5, 0.6) is 0 Å². The fourth-order valence-corrected chi connectivity index (χ4v) is 4.05. The molecule has 29 heavy (non-hydrogen) atoms. The lowest BCUT2D eigenvalue weighted by molar-refractivity contribution is 0.998. The minimum absolute atomic E-state index is 0.970. The molecular formula is C27H26N2. The van der Waals surface area contributed by atoms with E-state index in [0.29, 0.717) is 0 Å². The van der Waals surface area contributed by atoms with E-state index in [4.69, 9.17) is 5.41 Å². The van der Waals surface area contributed by atoms with Crippen molar-refractivity contribution >= 4 is 34.8 Å². The van der Waals surface area contributed by atoms with Crippen LogP contribution < -0.4 is 4.90 Å². The molecular weight excluding hydrogens is 352 g/mol. The maximum atomic E-state index is 7.61. The van der Waals surface area contributed by atoms with Gasteiger partial charge in [-0.05, 0) is 65.8 Å². The molecule has 0 aliphatic heterocycles. The van der Waals surface area contributed by atoms with Gasteiger partial charge in [0, 0.05) is 30.2 Å². The average Bonchev–Trinajstić information content (AvgIpc) is 2.79. The first-order valence-electron chi connectivity index (χ1n) is 10.1. The second-order valence-corrected chi connectivity index (χ2v) is 7.38. The summed E-state index contributed by atoms with van der Waals surface area (Å²) < 4.78 is 0. The summed E-state index contributed by atoms with van der Waals surface area (Å²) in [4.78, 5) is 2.26. The molecule has 144 valence electrons. The van der Waals surface area contributed by atoms with E-state index in [-0.39, 0.29) is 0 Å². The minimum atomic E-state index is 0.970. The molecule has 1 aliphatic rings. The van der Waals surface area contributed by atoms with Crippen LogP contribution >= 0.6 is 0 Å². The Labute approximate surface area is 173 Å². The zero-order valence-electron chi connectivity index (χ0n) is 17.0. The highest BCUT2D eigenvalue weighted by atomic mass is 15.1. The Kier molecular flexibility index (Phi) is 5.44. The molecule has 3 aromatic carbocycles. The van der Waals surface area contributed by atoms with E-state index >= 15 is 0 Å². The van der Waals surface area contributed by atoms with Gasteiger partial charge in [-0.3, -0.25) is 0 Å². The van der Waals surface area contributed by atoms with Crippen molar-refractivity contribution < 1.29 is 0 Å². The normalized spacial score (nSPS) is 13.4. The lowest BCUT2D eigenvalue weighted by Gasteiger charge is -2.25. The summed E-state index contributed by atoms with van der Waals surface area (Å²) in [6.45, 7) is 1.98. The van der Waals surface area contributed by atoms with Gasteiger partial charge < -0.3 is 10.3 Å². The van der Waals surface area contributed by atoms with Crippen LogP contribution in [0.3, 0.4) is 0 Å². The molecule has 4 rings (SSSR count). The first-order chi connectivity index (χ1) is 14.2. The standard InChI is InChI=1S/C27H26N2/c1-3-20(19-28)21-13-14-23-18-24(16-15-22(23)17-21)26-11-7-8-12-27(26)29(2)25-9-5-4-6-10-25/h3-14,17-19,28H,15-16H2,1-2H3/b20-3+,28-19?. The summed E-state index contributed by atoms with van der Waals surface area (Å²) >= 11 is 0. The number of hydrogen-bond donors (Lipinski definition) is 1. The second kappa shape index (κ2) is 8.32. The summed E-state index contributed by atoms with van der Waals surface area (Å²) in [7, 11) is 2.13. The summed E-state index contributed by atoms with van der Waals surface area (Å²) in [5.74, 6) is 0. The van der Waals surface area contributed by atoms with Gasteiger partial charge in [-0.1, -0.05) is 66.7 Å². The molecule has 2 nitrogen and oxygen atoms in total. The number of hydrogen-bond acceptors (Lipinski definition) is 2. The van der Waals surface area contributed by atoms with Gasteiger partial charge in [0.1, 0.15) is 0 Å². The van der Waals surface area contributed by atoms with Gasteiger partial charge in [0.05, 0.1) is 0 Å². The van der Waals surface area contributed by atoms with E-state index in [1.54, 1.807) is 0 Å². The van der Waals surface area contributed by atoms with Gasteiger partial charge in [0.15, 0.2) is 0 Å². The number of allylic oxidation sites excluding steroid dienone is 3. The van der Waals surface area contributed by atoms with Crippen molar-refractivity contribution in [2.24, 2.45) is 0 Å². The van der Waals surface area contributed by atoms with Crippen LogP contribution in [0.4, 0.5) is 11.4 Å². The third kappa shape index (κ3) is 3.79. The molecule has 0 fully saturated rings. The van der Waals surface area contributed by atoms with E-state index in [1.165, 1.54) is 39.9 Å². The molecule has 1 aliphatic carbocycles. The Hall–Kier alpha value is -3.39. The molecule has 0 unspecified atom stereocenters. The van der Waals surface area contributed by atoms with Gasteiger partial charge in [0.2, 0.25) is 0 Å². The number of benzene rings is 3. The third-order valence-corrected chi connectivity index (χ3v) is 5.69. The highest BCUT2D eigenvalue weighted by Gasteiger charge is 2.17. The first kappa shape index (κ1) is 18.9. The number of nitrogens with one attached hydrogen (secondary N) is 1. The van der Waals surface area contributed by atoms with Gasteiger partial charge >= 0.3 is 0 Å². The molecule has 0 heterocycles. The molecule has 0 spiro atoms. The average molecular weight is 379 g/mol. The predicted octanol–water partition coefficient (Wildman–Crippen LogP) is 6.99. The number of fused-ring (bicyclic) bond motifs is 1. The van der Waals surface area contributed by atoms with E-state index in [9.17, 15) is 0 Å². The zero-order valence-corrected chi connectivity index (χ0v) is 17.0. The van der Waals surface area contributed by atoms with Crippen LogP contribution in [0.2, 0.25) is 0 Å². The van der Waals surface area contributed by atoms with Crippen LogP contribution in [0, 0.1) is 5.41 Å². The maximum absolute atomic E-state index is 7.61. The zero-order chi connectivity index (χ0) is 20.2. The molecule has 1 N–H and O–H groups in total. The monoisotopic (exact) mass is 378 g/mol. The first-order valence-corrected chi connectivity index (χ1v) is 10.1. The fourth-order valence-electron chi connectivity index (χ4n) is 4.05. The smallest absolute Gasteiger partial charge is 0.0484 e. The highest BCUT2D eigenvalue weighted by molar-refractivity contribution is 6.08. The maximum Gasteiger partial charge on any atom is 0.0484 e. The molecule has 0 aromatic heterocycles. The van der Waals surface area contributed by atoms with E-state index < -0.39 is 0 Å². The SMILES string of the molecule is C/C=C(\C=N)c1ccc2c(c1)CCC(c1ccccc1N(C)c1ccccc1)=C2. The molecule has 0 bridgehead atoms. The molecule has 3 aromatic rings. The lowest BCUT2D eigenvalue weighted by atomic mass is 9.86. The molecule has 0 atom stereocenters. The number of para-hydroxylation sites is 2. The van der Waals surface area contributed by atoms with Crippen LogP contribution in [0.15, 0.2) is 78.9 Å². The Balaban J connectivity index is 1.72. The summed E-state index contributed by atoms with van der Waals surface area (Å²) in [5, 5.41) is 7.61. The quantitative estimate of drug-likeness (QED) is 0.476. The van der Waals surface area contributed by atoms with Gasteiger partial charge in [-0.25, -0.2) is 0 Å². The van der Waals surface area contributed by atoms with Crippen molar-refractivity contribution in [3.8, 4) is 0 Å². The van der Waals surface area contributed by atoms with Crippen molar-refractivity contribution in [1.29, 1.82) is 5.41 Å². The summed E-state index contributed by atoms with van der Waals surface area (Å²) in [6, 6.07) is 25.7. The topological polar surface area (TPSA) is 27.1 Å². The van der Waals surface area contributed by atoms with Crippen LogP contribution in [-0.2, 0) is 6.42 Å². The number of anilines is 2. The third-order valence-electron chi connectivity index (χ3n) is 5.69. The molecule has 0 saturated carbocycles. The fraction of sp³-hybridized carbons (Fsp3) is 0.148. The van der Waals surface area contributed by atoms with E-state index in [2.05, 4.69) is 90.8 Å². The molecule has 2 heteroatoms. The number of rotatable bonds is 5. The Bertz CT molecular complexity index is 1090. The molecule has 0 radical (unpaired) electrons. The molecule has 0 amide bonds. The van der Waals surface area contributed by atoms with Crippen LogP contribution in [0.1, 0.15) is 35.6 Å². The lowest BCUT2D eigenvalue weighted by Crippen LogP contribution is -2.12. The Morgan fingerprint density at radius 3 is 2.45 bits per heavy atom. The summed E-state index contributed by atoms with van der Waals surface area (Å²) in [6.07, 6.45) is 7.80. The van der Waals surface area contributed by atoms with Crippen molar-refractivity contribution in [1.82, 2.24) is 0 Å². The summed E-state index contributed by atoms with van der Waals surface area (Å²) in [5.41, 5.74) is 9.83. The van der Waals surface area contributed by atoms with E-state index in [1.807, 2.05) is 13.0 Å². The Morgan fingerprint density at radius 1 is 0.931 bits per heavy atom. The van der Waals surface area contributed by atoms with Crippen molar-refractivity contribution in [3.05, 3.63) is 101 Å². The number of nitrogens with zero attached hydrogens (tertiary/aromatic N) is 1. The van der Waals surface area contributed by atoms with Crippen molar-refractivity contribution in [2.45, 2.75) is 19.8 Å². The van der Waals surface area contributed by atoms with Crippen LogP contribution in [-0.4, -0.2) is 13.3 Å².